The summed E-state index contributed by atoms with van der Waals surface area (Å²) in [6, 6.07) is 22.6. The smallest absolute Gasteiger partial charge is 0.345 e. The summed E-state index contributed by atoms with van der Waals surface area (Å²) in [5.74, 6) is 0.565. The van der Waals surface area contributed by atoms with Crippen molar-refractivity contribution in [1.29, 1.82) is 0 Å². The van der Waals surface area contributed by atoms with E-state index in [0.717, 1.165) is 33.2 Å². The number of urea groups is 1. The number of para-hydroxylation sites is 3. The van der Waals surface area contributed by atoms with Crippen LogP contribution in [-0.2, 0) is 4.79 Å². The molecule has 164 valence electrons. The van der Waals surface area contributed by atoms with Crippen LogP contribution in [0.1, 0.15) is 31.7 Å². The Balaban J connectivity index is 1.41. The predicted molar refractivity (Wildman–Crippen MR) is 126 cm³/mol. The molecule has 1 aliphatic heterocycles. The van der Waals surface area contributed by atoms with Crippen LogP contribution in [0, 0.1) is 0 Å². The predicted octanol–water partition coefficient (Wildman–Crippen LogP) is 5.62. The third kappa shape index (κ3) is 4.57. The van der Waals surface area contributed by atoms with E-state index in [9.17, 15) is 9.59 Å². The van der Waals surface area contributed by atoms with Gasteiger partial charge in [0.2, 0.25) is 0 Å². The monoisotopic (exact) mass is 447 g/mol. The van der Waals surface area contributed by atoms with E-state index < -0.39 is 11.9 Å². The molecule has 3 aromatic carbocycles. The van der Waals surface area contributed by atoms with Gasteiger partial charge in [-0.15, -0.1) is 0 Å². The van der Waals surface area contributed by atoms with Gasteiger partial charge in [-0.05, 0) is 48.2 Å². The van der Waals surface area contributed by atoms with Crippen LogP contribution in [0.15, 0.2) is 82.6 Å². The number of hydrazine groups is 1. The van der Waals surface area contributed by atoms with Gasteiger partial charge in [-0.1, -0.05) is 68.1 Å². The van der Waals surface area contributed by atoms with Gasteiger partial charge >= 0.3 is 6.03 Å². The van der Waals surface area contributed by atoms with Crippen molar-refractivity contribution in [3.05, 3.63) is 78.4 Å². The largest absolute Gasteiger partial charge is 0.483 e. The summed E-state index contributed by atoms with van der Waals surface area (Å²) in [5.41, 5.74) is 7.57. The maximum Gasteiger partial charge on any atom is 0.345 e. The van der Waals surface area contributed by atoms with Gasteiger partial charge in [0.1, 0.15) is 5.75 Å². The molecule has 7 heteroatoms. The highest BCUT2D eigenvalue weighted by Crippen LogP contribution is 2.47. The zero-order valence-corrected chi connectivity index (χ0v) is 18.8. The highest BCUT2D eigenvalue weighted by molar-refractivity contribution is 7.99. The minimum Gasteiger partial charge on any atom is -0.483 e. The molecular weight excluding hydrogens is 422 g/mol. The topological polar surface area (TPSA) is 70.7 Å². The second kappa shape index (κ2) is 9.78. The fourth-order valence-electron chi connectivity index (χ4n) is 3.52. The number of fused-ring (bicyclic) bond motifs is 2. The van der Waals surface area contributed by atoms with E-state index in [1.807, 2.05) is 72.8 Å². The van der Waals surface area contributed by atoms with Crippen LogP contribution in [0.3, 0.4) is 0 Å². The van der Waals surface area contributed by atoms with Gasteiger partial charge in [-0.25, -0.2) is 10.2 Å². The van der Waals surface area contributed by atoms with Crippen molar-refractivity contribution in [2.45, 2.75) is 36.0 Å². The Morgan fingerprint density at radius 1 is 0.906 bits per heavy atom. The fourth-order valence-corrected chi connectivity index (χ4v) is 4.58. The van der Waals surface area contributed by atoms with E-state index >= 15 is 0 Å². The number of nitrogens with zero attached hydrogens (tertiary/aromatic N) is 1. The summed E-state index contributed by atoms with van der Waals surface area (Å²) >= 11 is 1.61. The molecule has 4 rings (SSSR count). The van der Waals surface area contributed by atoms with Gasteiger partial charge in [0.15, 0.2) is 6.61 Å². The van der Waals surface area contributed by atoms with Gasteiger partial charge in [0.05, 0.1) is 11.4 Å². The number of carbonyl (C=O) groups is 2. The van der Waals surface area contributed by atoms with Crippen LogP contribution in [-0.4, -0.2) is 18.5 Å². The van der Waals surface area contributed by atoms with E-state index in [1.54, 1.807) is 16.7 Å². The summed E-state index contributed by atoms with van der Waals surface area (Å²) < 4.78 is 5.73. The van der Waals surface area contributed by atoms with Gasteiger partial charge in [-0.3, -0.25) is 15.1 Å². The summed E-state index contributed by atoms with van der Waals surface area (Å²) in [6.07, 6.45) is 0.972. The van der Waals surface area contributed by atoms with Crippen molar-refractivity contribution >= 4 is 35.1 Å². The number of carbonyl (C=O) groups excluding carboxylic acids is 2. The number of amides is 3. The molecule has 1 aliphatic rings. The molecular formula is C25H25N3O3S. The average Bonchev–Trinajstić information content (AvgIpc) is 2.84. The van der Waals surface area contributed by atoms with Crippen LogP contribution in [0.2, 0.25) is 0 Å². The number of hydrogen-bond acceptors (Lipinski definition) is 4. The molecule has 0 spiro atoms. The molecule has 0 aliphatic carbocycles. The van der Waals surface area contributed by atoms with Crippen LogP contribution in [0.5, 0.6) is 5.75 Å². The lowest BCUT2D eigenvalue weighted by atomic mass is 9.98. The van der Waals surface area contributed by atoms with Crippen molar-refractivity contribution in [3.8, 4) is 5.75 Å². The first kappa shape index (κ1) is 21.8. The lowest BCUT2D eigenvalue weighted by Crippen LogP contribution is -2.49. The van der Waals surface area contributed by atoms with Gasteiger partial charge in [0, 0.05) is 9.79 Å². The third-order valence-corrected chi connectivity index (χ3v) is 6.50. The van der Waals surface area contributed by atoms with Crippen LogP contribution >= 0.6 is 11.8 Å². The number of anilines is 2. The van der Waals surface area contributed by atoms with E-state index in [0.29, 0.717) is 11.7 Å². The average molecular weight is 448 g/mol. The number of ether oxygens (including phenoxy) is 1. The number of nitrogens with one attached hydrogen (secondary N) is 2. The number of rotatable bonds is 5. The Kier molecular flexibility index (Phi) is 6.66. The standard InChI is InChI=1S/C25H25N3O3S/c1-3-17(2)18-10-4-7-13-21(18)31-16-24(29)26-27-25(30)28-19-11-5-8-14-22(19)32-23-15-9-6-12-20(23)28/h4-15,17H,3,16H2,1-2H3,(H,26,29)(H,27,30). The molecule has 0 saturated carbocycles. The maximum absolute atomic E-state index is 13.0. The van der Waals surface area contributed by atoms with Crippen LogP contribution < -0.4 is 20.5 Å². The minimum atomic E-state index is -0.446. The Morgan fingerprint density at radius 3 is 2.16 bits per heavy atom. The normalized spacial score (nSPS) is 12.9. The van der Waals surface area contributed by atoms with Crippen molar-refractivity contribution in [3.63, 3.8) is 0 Å². The van der Waals surface area contributed by atoms with Gasteiger partial charge in [0.25, 0.3) is 5.91 Å². The molecule has 1 atom stereocenters. The third-order valence-electron chi connectivity index (χ3n) is 5.37. The molecule has 3 aromatic rings. The first-order chi connectivity index (χ1) is 15.6. The quantitative estimate of drug-likeness (QED) is 0.498. The summed E-state index contributed by atoms with van der Waals surface area (Å²) in [4.78, 5) is 28.9. The lowest BCUT2D eigenvalue weighted by Gasteiger charge is -2.30. The zero-order chi connectivity index (χ0) is 22.5. The zero-order valence-electron chi connectivity index (χ0n) is 18.0. The van der Waals surface area contributed by atoms with Crippen molar-refractivity contribution in [1.82, 2.24) is 10.9 Å². The molecule has 3 amide bonds. The van der Waals surface area contributed by atoms with Gasteiger partial charge in [-0.2, -0.15) is 0 Å². The van der Waals surface area contributed by atoms with E-state index in [2.05, 4.69) is 24.7 Å². The first-order valence-electron chi connectivity index (χ1n) is 10.5. The van der Waals surface area contributed by atoms with E-state index in [-0.39, 0.29) is 6.61 Å². The molecule has 32 heavy (non-hydrogen) atoms. The second-order valence-corrected chi connectivity index (χ2v) is 8.57. The van der Waals surface area contributed by atoms with Crippen LogP contribution in [0.4, 0.5) is 16.2 Å². The molecule has 0 saturated heterocycles. The molecule has 1 unspecified atom stereocenters. The Labute approximate surface area is 191 Å². The fraction of sp³-hybridized carbons (Fsp3) is 0.200. The summed E-state index contributed by atoms with van der Waals surface area (Å²) in [7, 11) is 0. The van der Waals surface area contributed by atoms with E-state index in [1.165, 1.54) is 0 Å². The molecule has 1 heterocycles. The maximum atomic E-state index is 13.0. The van der Waals surface area contributed by atoms with Gasteiger partial charge < -0.3 is 4.74 Å². The minimum absolute atomic E-state index is 0.198. The molecule has 2 N–H and O–H groups in total. The molecule has 0 fully saturated rings. The Morgan fingerprint density at radius 2 is 1.50 bits per heavy atom. The van der Waals surface area contributed by atoms with Crippen molar-refractivity contribution in [2.75, 3.05) is 11.5 Å². The lowest BCUT2D eigenvalue weighted by molar-refractivity contribution is -0.123. The SMILES string of the molecule is CCC(C)c1ccccc1OCC(=O)NNC(=O)N1c2ccccc2Sc2ccccc21. The number of benzene rings is 3. The molecule has 0 radical (unpaired) electrons. The molecule has 0 bridgehead atoms. The van der Waals surface area contributed by atoms with Crippen molar-refractivity contribution < 1.29 is 14.3 Å². The summed E-state index contributed by atoms with van der Waals surface area (Å²) in [6.45, 7) is 4.03. The van der Waals surface area contributed by atoms with E-state index in [4.69, 9.17) is 4.74 Å². The summed E-state index contributed by atoms with van der Waals surface area (Å²) in [5, 5.41) is 0. The van der Waals surface area contributed by atoms with Crippen LogP contribution in [0.25, 0.3) is 0 Å². The Bertz CT molecular complexity index is 1090. The van der Waals surface area contributed by atoms with Crippen molar-refractivity contribution in [2.24, 2.45) is 0 Å². The molecule has 6 nitrogen and oxygen atoms in total. The highest BCUT2D eigenvalue weighted by atomic mass is 32.2. The first-order valence-corrected chi connectivity index (χ1v) is 11.4. The number of hydrogen-bond donors (Lipinski definition) is 2. The second-order valence-electron chi connectivity index (χ2n) is 7.49. The molecule has 0 aromatic heterocycles. The highest BCUT2D eigenvalue weighted by Gasteiger charge is 2.28. The Hall–Kier alpha value is -3.45.